The smallest absolute Gasteiger partial charge is 0.410 e. The summed E-state index contributed by atoms with van der Waals surface area (Å²) in [7, 11) is 4.79. The summed E-state index contributed by atoms with van der Waals surface area (Å²) in [4.78, 5) is 68.2. The van der Waals surface area contributed by atoms with E-state index in [-0.39, 0.29) is 37.9 Å². The number of likely N-dealkylation sites (N-methyl/N-ethyl adjacent to an activating group) is 3. The van der Waals surface area contributed by atoms with Crippen molar-refractivity contribution in [1.82, 2.24) is 34.9 Å². The van der Waals surface area contributed by atoms with Crippen LogP contribution in [0.1, 0.15) is 70.1 Å². The average molecular weight is 740 g/mol. The maximum atomic E-state index is 14.4. The second kappa shape index (κ2) is 20.9. The van der Waals surface area contributed by atoms with Crippen molar-refractivity contribution in [1.29, 1.82) is 0 Å². The summed E-state index contributed by atoms with van der Waals surface area (Å²) in [6, 6.07) is 7.66. The molecule has 14 heteroatoms. The predicted octanol–water partition coefficient (Wildman–Crippen LogP) is 3.71. The number of H-pyrrole nitrogens is 1. The largest absolute Gasteiger partial charge is 0.436 e. The predicted molar refractivity (Wildman–Crippen MR) is 201 cm³/mol. The third kappa shape index (κ3) is 13.0. The summed E-state index contributed by atoms with van der Waals surface area (Å²) in [5.41, 5.74) is 1.44. The highest BCUT2D eigenvalue weighted by atomic mass is 16.6. The minimum absolute atomic E-state index is 0.0921. The number of urea groups is 1. The number of carbonyl (C=O) groups excluding carboxylic acids is 4. The van der Waals surface area contributed by atoms with Gasteiger partial charge in [0.05, 0.1) is 31.7 Å². The van der Waals surface area contributed by atoms with Crippen LogP contribution in [0.25, 0.3) is 0 Å². The number of hydrogen-bond acceptors (Lipinski definition) is 8. The zero-order valence-electron chi connectivity index (χ0n) is 32.2. The van der Waals surface area contributed by atoms with Crippen molar-refractivity contribution in [3.05, 3.63) is 54.1 Å². The fraction of sp³-hybridized carbons (Fsp3) is 0.667. The van der Waals surface area contributed by atoms with Gasteiger partial charge in [0, 0.05) is 72.1 Å². The van der Waals surface area contributed by atoms with Crippen molar-refractivity contribution in [2.24, 2.45) is 11.8 Å². The molecule has 14 nitrogen and oxygen atoms in total. The number of ether oxygens (including phenoxy) is 2. The van der Waals surface area contributed by atoms with Crippen LogP contribution in [0.4, 0.5) is 9.59 Å². The number of aliphatic hydroxyl groups excluding tert-OH is 1. The number of benzene rings is 1. The Bertz CT molecular complexity index is 1410. The Kier molecular flexibility index (Phi) is 16.4. The van der Waals surface area contributed by atoms with Gasteiger partial charge in [0.15, 0.2) is 6.10 Å². The summed E-state index contributed by atoms with van der Waals surface area (Å²) in [6.07, 6.45) is 7.50. The molecule has 3 N–H and O–H groups in total. The molecule has 4 rings (SSSR count). The lowest BCUT2D eigenvalue weighted by Gasteiger charge is -2.35. The van der Waals surface area contributed by atoms with Crippen molar-refractivity contribution in [3.63, 3.8) is 0 Å². The molecular weight excluding hydrogens is 678 g/mol. The van der Waals surface area contributed by atoms with E-state index >= 15 is 0 Å². The number of aromatic amines is 1. The number of carbonyl (C=O) groups is 4. The highest BCUT2D eigenvalue weighted by Crippen LogP contribution is 2.29. The lowest BCUT2D eigenvalue weighted by atomic mass is 9.82. The second-order valence-electron chi connectivity index (χ2n) is 15.1. The maximum absolute atomic E-state index is 14.4. The summed E-state index contributed by atoms with van der Waals surface area (Å²) < 4.78 is 11.3. The van der Waals surface area contributed by atoms with Gasteiger partial charge >= 0.3 is 12.1 Å². The quantitative estimate of drug-likeness (QED) is 0.222. The maximum Gasteiger partial charge on any atom is 0.410 e. The normalized spacial score (nSPS) is 17.4. The van der Waals surface area contributed by atoms with Gasteiger partial charge in [-0.25, -0.2) is 14.6 Å². The Morgan fingerprint density at radius 3 is 2.32 bits per heavy atom. The third-order valence-electron chi connectivity index (χ3n) is 10.4. The first-order chi connectivity index (χ1) is 25.4. The van der Waals surface area contributed by atoms with Gasteiger partial charge in [-0.1, -0.05) is 76.3 Å². The van der Waals surface area contributed by atoms with Gasteiger partial charge in [-0.2, -0.15) is 0 Å². The molecule has 5 amide bonds. The molecule has 2 fully saturated rings. The van der Waals surface area contributed by atoms with Gasteiger partial charge < -0.3 is 44.5 Å². The average Bonchev–Trinajstić information content (AvgIpc) is 3.68. The lowest BCUT2D eigenvalue weighted by molar-refractivity contribution is -0.146. The number of aliphatic hydroxyl groups is 1. The minimum Gasteiger partial charge on any atom is -0.436 e. The zero-order valence-corrected chi connectivity index (χ0v) is 32.2. The van der Waals surface area contributed by atoms with Crippen LogP contribution < -0.4 is 5.32 Å². The number of aromatic nitrogens is 2. The molecule has 1 saturated heterocycles. The van der Waals surface area contributed by atoms with Crippen LogP contribution in [0.15, 0.2) is 42.9 Å². The number of rotatable bonds is 17. The summed E-state index contributed by atoms with van der Waals surface area (Å²) >= 11 is 0. The molecule has 2 aromatic rings. The number of nitrogens with zero attached hydrogens (tertiary/aromatic N) is 5. The van der Waals surface area contributed by atoms with Crippen molar-refractivity contribution in [2.75, 3.05) is 60.5 Å². The van der Waals surface area contributed by atoms with E-state index in [1.807, 2.05) is 44.2 Å². The molecule has 2 heterocycles. The molecule has 0 unspecified atom stereocenters. The minimum atomic E-state index is -1.24. The van der Waals surface area contributed by atoms with E-state index in [4.69, 9.17) is 9.47 Å². The first-order valence-electron chi connectivity index (χ1n) is 19.2. The van der Waals surface area contributed by atoms with E-state index in [1.165, 1.54) is 22.5 Å². The summed E-state index contributed by atoms with van der Waals surface area (Å²) in [5, 5.41) is 14.5. The molecule has 0 spiro atoms. The van der Waals surface area contributed by atoms with Crippen LogP contribution in [0, 0.1) is 11.8 Å². The monoisotopic (exact) mass is 739 g/mol. The topological polar surface area (TPSA) is 161 Å². The molecule has 2 aliphatic rings. The van der Waals surface area contributed by atoms with Gasteiger partial charge in [0.1, 0.15) is 6.04 Å². The molecule has 53 heavy (non-hydrogen) atoms. The summed E-state index contributed by atoms with van der Waals surface area (Å²) in [5.74, 6) is -0.293. The van der Waals surface area contributed by atoms with Crippen molar-refractivity contribution in [3.8, 4) is 0 Å². The van der Waals surface area contributed by atoms with Gasteiger partial charge in [-0.15, -0.1) is 0 Å². The van der Waals surface area contributed by atoms with E-state index < -0.39 is 42.2 Å². The fourth-order valence-electron chi connectivity index (χ4n) is 7.11. The van der Waals surface area contributed by atoms with E-state index in [0.29, 0.717) is 50.8 Å². The van der Waals surface area contributed by atoms with E-state index in [9.17, 15) is 24.3 Å². The Balaban J connectivity index is 1.50. The number of amides is 5. The van der Waals surface area contributed by atoms with Gasteiger partial charge in [-0.3, -0.25) is 9.59 Å². The third-order valence-corrected chi connectivity index (χ3v) is 10.4. The van der Waals surface area contributed by atoms with Crippen LogP contribution in [0.2, 0.25) is 0 Å². The van der Waals surface area contributed by atoms with Crippen molar-refractivity contribution < 1.29 is 33.8 Å². The SMILES string of the molecule is CC(C)C[C@H](O)[C@H](CC1CCCCC1)NC(=O)[C@H](Cc1cnc[nH]1)N(C)C(=O)[C@H](Cc1ccccc1)OC(=O)N(C)CCN(C)C(=O)N1CCOCC1. The van der Waals surface area contributed by atoms with Gasteiger partial charge in [-0.05, 0) is 30.2 Å². The Morgan fingerprint density at radius 2 is 1.68 bits per heavy atom. The van der Waals surface area contributed by atoms with Crippen molar-refractivity contribution in [2.45, 2.75) is 95.9 Å². The summed E-state index contributed by atoms with van der Waals surface area (Å²) in [6.45, 7) is 6.53. The molecule has 4 atom stereocenters. The number of hydrogen-bond donors (Lipinski definition) is 3. The Morgan fingerprint density at radius 1 is 1.00 bits per heavy atom. The Hall–Kier alpha value is -4.17. The van der Waals surface area contributed by atoms with E-state index in [0.717, 1.165) is 31.2 Å². The van der Waals surface area contributed by atoms with Crippen LogP contribution in [0.5, 0.6) is 0 Å². The highest BCUT2D eigenvalue weighted by Gasteiger charge is 2.37. The van der Waals surface area contributed by atoms with Crippen LogP contribution >= 0.6 is 0 Å². The van der Waals surface area contributed by atoms with Crippen molar-refractivity contribution >= 4 is 23.9 Å². The zero-order chi connectivity index (χ0) is 38.3. The highest BCUT2D eigenvalue weighted by molar-refractivity contribution is 5.90. The van der Waals surface area contributed by atoms with Crippen LogP contribution in [-0.2, 0) is 31.9 Å². The molecule has 294 valence electrons. The van der Waals surface area contributed by atoms with E-state index in [1.54, 1.807) is 37.1 Å². The number of nitrogens with one attached hydrogen (secondary N) is 2. The fourth-order valence-corrected chi connectivity index (χ4v) is 7.11. The van der Waals surface area contributed by atoms with Crippen LogP contribution in [0.3, 0.4) is 0 Å². The lowest BCUT2D eigenvalue weighted by Crippen LogP contribution is -2.56. The first-order valence-corrected chi connectivity index (χ1v) is 19.2. The molecule has 1 aliphatic heterocycles. The molecule has 1 aliphatic carbocycles. The Labute approximate surface area is 314 Å². The molecular formula is C39H61N7O7. The standard InChI is InChI=1S/C39H61N7O7/c1-28(2)22-34(47)32(23-29-12-8-6-9-13-29)42-36(48)33(25-31-26-40-27-41-31)45(5)37(49)35(24-30-14-10-7-11-15-30)53-39(51)44(4)17-16-43(3)38(50)46-18-20-52-21-19-46/h7,10-11,14-15,26-29,32-35,47H,6,8-9,12-13,16-25H2,1-5H3,(H,40,41)(H,42,48)/t32-,33-,34-,35-/m0/s1. The second-order valence-corrected chi connectivity index (χ2v) is 15.1. The molecule has 0 bridgehead atoms. The molecule has 1 aromatic carbocycles. The van der Waals surface area contributed by atoms with E-state index in [2.05, 4.69) is 15.3 Å². The van der Waals surface area contributed by atoms with Gasteiger partial charge in [0.25, 0.3) is 5.91 Å². The molecule has 0 radical (unpaired) electrons. The first kappa shape index (κ1) is 41.6. The number of morpholine rings is 1. The molecule has 1 saturated carbocycles. The van der Waals surface area contributed by atoms with Crippen LogP contribution in [-0.4, -0.2) is 143 Å². The molecule has 1 aromatic heterocycles. The number of imidazole rings is 1. The van der Waals surface area contributed by atoms with Gasteiger partial charge in [0.2, 0.25) is 5.91 Å².